The maximum atomic E-state index is 11.2. The number of halogens is 1. The second-order valence-electron chi connectivity index (χ2n) is 3.62. The maximum absolute atomic E-state index is 11.2. The van der Waals surface area contributed by atoms with Crippen LogP contribution in [-0.4, -0.2) is 18.6 Å². The van der Waals surface area contributed by atoms with E-state index >= 15 is 0 Å². The van der Waals surface area contributed by atoms with Gasteiger partial charge in [0.15, 0.2) is 0 Å². The molecule has 0 heterocycles. The van der Waals surface area contributed by atoms with Crippen molar-refractivity contribution in [3.8, 4) is 5.75 Å². The lowest BCUT2D eigenvalue weighted by Gasteiger charge is -2.05. The molecule has 0 spiro atoms. The third-order valence-corrected chi connectivity index (χ3v) is 2.46. The van der Waals surface area contributed by atoms with Crippen molar-refractivity contribution in [2.75, 3.05) is 12.5 Å². The van der Waals surface area contributed by atoms with E-state index in [0.717, 1.165) is 25.7 Å². The van der Waals surface area contributed by atoms with E-state index in [1.165, 1.54) is 0 Å². The average Bonchev–Trinajstić information content (AvgIpc) is 2.35. The Kier molecular flexibility index (Phi) is 7.23. The average molecular weight is 257 g/mol. The van der Waals surface area contributed by atoms with Crippen molar-refractivity contribution < 1.29 is 14.3 Å². The monoisotopic (exact) mass is 256 g/mol. The summed E-state index contributed by atoms with van der Waals surface area (Å²) in [6.45, 7) is 0.397. The summed E-state index contributed by atoms with van der Waals surface area (Å²) in [4.78, 5) is 11.2. The van der Waals surface area contributed by atoms with Crippen molar-refractivity contribution in [1.82, 2.24) is 0 Å². The quantitative estimate of drug-likeness (QED) is 0.320. The molecule has 0 fully saturated rings. The van der Waals surface area contributed by atoms with Crippen molar-refractivity contribution in [2.45, 2.75) is 25.7 Å². The van der Waals surface area contributed by atoms with Gasteiger partial charge in [-0.15, -0.1) is 11.6 Å². The number of carbonyl (C=O) groups is 1. The molecule has 0 aliphatic heterocycles. The number of hydrogen-bond donors (Lipinski definition) is 0. The number of rotatable bonds is 7. The van der Waals surface area contributed by atoms with Crippen molar-refractivity contribution in [2.24, 2.45) is 0 Å². The fourth-order valence-corrected chi connectivity index (χ4v) is 1.51. The molecule has 0 aromatic heterocycles. The number of carbonyl (C=O) groups excluding carboxylic acids is 1. The molecule has 0 bridgehead atoms. The molecule has 0 aliphatic carbocycles. The molecule has 0 saturated carbocycles. The number of ether oxygens (including phenoxy) is 2. The van der Waals surface area contributed by atoms with Crippen LogP contribution in [0.5, 0.6) is 5.75 Å². The van der Waals surface area contributed by atoms with Gasteiger partial charge >= 0.3 is 6.16 Å². The predicted octanol–water partition coefficient (Wildman–Crippen LogP) is 4.00. The molecule has 0 amide bonds. The van der Waals surface area contributed by atoms with Crippen molar-refractivity contribution in [1.29, 1.82) is 0 Å². The van der Waals surface area contributed by atoms with Crippen LogP contribution in [0.1, 0.15) is 25.7 Å². The lowest BCUT2D eigenvalue weighted by atomic mass is 10.2. The minimum atomic E-state index is -0.645. The third-order valence-electron chi connectivity index (χ3n) is 2.19. The van der Waals surface area contributed by atoms with E-state index in [9.17, 15) is 4.79 Å². The molecule has 4 heteroatoms. The summed E-state index contributed by atoms with van der Waals surface area (Å²) >= 11 is 5.55. The largest absolute Gasteiger partial charge is 0.513 e. The molecule has 1 rings (SSSR count). The Morgan fingerprint density at radius 3 is 2.47 bits per heavy atom. The van der Waals surface area contributed by atoms with Gasteiger partial charge in [0, 0.05) is 5.88 Å². The smallest absolute Gasteiger partial charge is 0.434 e. The number of para-hydroxylation sites is 1. The van der Waals surface area contributed by atoms with Crippen LogP contribution in [0.2, 0.25) is 0 Å². The zero-order valence-electron chi connectivity index (χ0n) is 9.73. The van der Waals surface area contributed by atoms with Gasteiger partial charge < -0.3 is 9.47 Å². The van der Waals surface area contributed by atoms with Gasteiger partial charge in [-0.3, -0.25) is 0 Å². The first-order valence-electron chi connectivity index (χ1n) is 5.78. The van der Waals surface area contributed by atoms with Crippen LogP contribution < -0.4 is 4.74 Å². The fraction of sp³-hybridized carbons (Fsp3) is 0.462. The Morgan fingerprint density at radius 2 is 1.76 bits per heavy atom. The van der Waals surface area contributed by atoms with Crippen LogP contribution in [0.4, 0.5) is 4.79 Å². The fourth-order valence-electron chi connectivity index (χ4n) is 1.32. The maximum Gasteiger partial charge on any atom is 0.513 e. The lowest BCUT2D eigenvalue weighted by Crippen LogP contribution is -2.11. The standard InChI is InChI=1S/C13H17ClO3/c14-10-6-1-2-7-11-16-13(15)17-12-8-4-3-5-9-12/h3-5,8-9H,1-2,6-7,10-11H2. The van der Waals surface area contributed by atoms with Gasteiger partial charge in [-0.2, -0.15) is 0 Å². The summed E-state index contributed by atoms with van der Waals surface area (Å²) in [5.74, 6) is 1.19. The van der Waals surface area contributed by atoms with Crippen LogP contribution in [-0.2, 0) is 4.74 Å². The Balaban J connectivity index is 2.06. The van der Waals surface area contributed by atoms with Crippen molar-refractivity contribution in [3.05, 3.63) is 30.3 Å². The molecule has 0 atom stereocenters. The van der Waals surface area contributed by atoms with Gasteiger partial charge in [-0.25, -0.2) is 4.79 Å². The number of benzene rings is 1. The highest BCUT2D eigenvalue weighted by Crippen LogP contribution is 2.09. The summed E-state index contributed by atoms with van der Waals surface area (Å²) in [6.07, 6.45) is 3.30. The SMILES string of the molecule is O=C(OCCCCCCCl)Oc1ccccc1. The summed E-state index contributed by atoms with van der Waals surface area (Å²) in [7, 11) is 0. The summed E-state index contributed by atoms with van der Waals surface area (Å²) < 4.78 is 9.89. The third kappa shape index (κ3) is 6.84. The molecule has 1 aromatic rings. The van der Waals surface area contributed by atoms with E-state index < -0.39 is 6.16 Å². The lowest BCUT2D eigenvalue weighted by molar-refractivity contribution is 0.0973. The highest BCUT2D eigenvalue weighted by atomic mass is 35.5. The van der Waals surface area contributed by atoms with Gasteiger partial charge in [-0.1, -0.05) is 31.0 Å². The molecular weight excluding hydrogens is 240 g/mol. The van der Waals surface area contributed by atoms with Crippen LogP contribution in [0.15, 0.2) is 30.3 Å². The van der Waals surface area contributed by atoms with E-state index in [2.05, 4.69) is 0 Å². The molecule has 0 unspecified atom stereocenters. The summed E-state index contributed by atoms with van der Waals surface area (Å²) in [6, 6.07) is 8.88. The molecule has 0 aliphatic rings. The van der Waals surface area contributed by atoms with E-state index in [0.29, 0.717) is 18.2 Å². The van der Waals surface area contributed by atoms with E-state index in [1.807, 2.05) is 6.07 Å². The highest BCUT2D eigenvalue weighted by Gasteiger charge is 2.04. The van der Waals surface area contributed by atoms with Gasteiger partial charge in [0.05, 0.1) is 6.61 Å². The molecule has 0 saturated heterocycles. The molecule has 3 nitrogen and oxygen atoms in total. The molecule has 17 heavy (non-hydrogen) atoms. The number of hydrogen-bond acceptors (Lipinski definition) is 3. The molecular formula is C13H17ClO3. The normalized spacial score (nSPS) is 9.94. The van der Waals surface area contributed by atoms with E-state index in [-0.39, 0.29) is 0 Å². The first kappa shape index (κ1) is 13.8. The minimum Gasteiger partial charge on any atom is -0.434 e. The predicted molar refractivity (Wildman–Crippen MR) is 67.6 cm³/mol. The molecule has 0 radical (unpaired) electrons. The Morgan fingerprint density at radius 1 is 1.06 bits per heavy atom. The topological polar surface area (TPSA) is 35.5 Å². The molecule has 1 aromatic carbocycles. The van der Waals surface area contributed by atoms with E-state index in [4.69, 9.17) is 21.1 Å². The first-order valence-corrected chi connectivity index (χ1v) is 6.32. The minimum absolute atomic E-state index is 0.397. The Hall–Kier alpha value is -1.22. The summed E-state index contributed by atoms with van der Waals surface area (Å²) in [5.41, 5.74) is 0. The zero-order valence-corrected chi connectivity index (χ0v) is 10.5. The van der Waals surface area contributed by atoms with Gasteiger partial charge in [0.25, 0.3) is 0 Å². The number of unbranched alkanes of at least 4 members (excludes halogenated alkanes) is 3. The van der Waals surface area contributed by atoms with Crippen LogP contribution >= 0.6 is 11.6 Å². The Bertz CT molecular complexity index is 314. The van der Waals surface area contributed by atoms with Gasteiger partial charge in [0.1, 0.15) is 5.75 Å². The van der Waals surface area contributed by atoms with Crippen LogP contribution in [0, 0.1) is 0 Å². The van der Waals surface area contributed by atoms with Crippen LogP contribution in [0.25, 0.3) is 0 Å². The highest BCUT2D eigenvalue weighted by molar-refractivity contribution is 6.17. The van der Waals surface area contributed by atoms with Gasteiger partial charge in [0.2, 0.25) is 0 Å². The zero-order chi connectivity index (χ0) is 12.3. The second-order valence-corrected chi connectivity index (χ2v) is 3.99. The van der Waals surface area contributed by atoms with Crippen LogP contribution in [0.3, 0.4) is 0 Å². The van der Waals surface area contributed by atoms with Gasteiger partial charge in [-0.05, 0) is 25.0 Å². The number of alkyl halides is 1. The Labute approximate surface area is 107 Å². The molecule has 94 valence electrons. The summed E-state index contributed by atoms with van der Waals surface area (Å²) in [5, 5.41) is 0. The second kappa shape index (κ2) is 8.88. The molecule has 0 N–H and O–H groups in total. The van der Waals surface area contributed by atoms with E-state index in [1.54, 1.807) is 24.3 Å². The van der Waals surface area contributed by atoms with Crippen molar-refractivity contribution >= 4 is 17.8 Å². The first-order chi connectivity index (χ1) is 8.33. The van der Waals surface area contributed by atoms with Crippen molar-refractivity contribution in [3.63, 3.8) is 0 Å².